The number of anilines is 4. The highest BCUT2D eigenvalue weighted by atomic mass is 35.5. The van der Waals surface area contributed by atoms with E-state index in [0.717, 1.165) is 43.5 Å². The second-order valence-corrected chi connectivity index (χ2v) is 6.37. The van der Waals surface area contributed by atoms with Crippen molar-refractivity contribution < 1.29 is 0 Å². The first kappa shape index (κ1) is 16.5. The average molecular weight is 368 g/mol. The molecular weight excluding hydrogens is 350 g/mol. The van der Waals surface area contributed by atoms with Crippen LogP contribution in [0.1, 0.15) is 0 Å². The van der Waals surface area contributed by atoms with Crippen molar-refractivity contribution in [2.24, 2.45) is 0 Å². The van der Waals surface area contributed by atoms with E-state index in [-0.39, 0.29) is 0 Å². The molecule has 0 saturated carbocycles. The zero-order valence-corrected chi connectivity index (χ0v) is 14.8. The van der Waals surface area contributed by atoms with Gasteiger partial charge in [-0.2, -0.15) is 10.1 Å². The Balaban J connectivity index is 1.43. The molecule has 1 aliphatic rings. The van der Waals surface area contributed by atoms with E-state index in [0.29, 0.717) is 11.0 Å². The quantitative estimate of drug-likeness (QED) is 0.760. The molecule has 7 nitrogen and oxygen atoms in total. The fraction of sp³-hybridized carbons (Fsp3) is 0.222. The highest BCUT2D eigenvalue weighted by molar-refractivity contribution is 6.30. The van der Waals surface area contributed by atoms with E-state index >= 15 is 0 Å². The van der Waals surface area contributed by atoms with Crippen LogP contribution in [-0.4, -0.2) is 46.3 Å². The molecule has 3 aromatic rings. The molecule has 4 rings (SSSR count). The Morgan fingerprint density at radius 1 is 0.923 bits per heavy atom. The molecule has 0 aliphatic carbocycles. The Morgan fingerprint density at radius 2 is 1.73 bits per heavy atom. The summed E-state index contributed by atoms with van der Waals surface area (Å²) in [7, 11) is 0. The average Bonchev–Trinajstić information content (AvgIpc) is 2.69. The molecule has 3 heterocycles. The van der Waals surface area contributed by atoms with Crippen LogP contribution in [0.5, 0.6) is 0 Å². The minimum Gasteiger partial charge on any atom is -0.353 e. The Labute approximate surface area is 156 Å². The smallest absolute Gasteiger partial charge is 0.249 e. The molecule has 1 saturated heterocycles. The first-order chi connectivity index (χ1) is 12.8. The number of halogens is 1. The Hall–Kier alpha value is -2.93. The lowest BCUT2D eigenvalue weighted by Crippen LogP contribution is -2.47. The fourth-order valence-corrected chi connectivity index (χ4v) is 3.09. The van der Waals surface area contributed by atoms with Crippen molar-refractivity contribution in [2.45, 2.75) is 0 Å². The minimum atomic E-state index is 0.455. The third kappa shape index (κ3) is 3.83. The van der Waals surface area contributed by atoms with Crippen LogP contribution in [0.25, 0.3) is 0 Å². The topological polar surface area (TPSA) is 70.1 Å². The maximum absolute atomic E-state index is 6.01. The fourth-order valence-electron chi connectivity index (χ4n) is 2.90. The molecule has 0 atom stereocenters. The Morgan fingerprint density at radius 3 is 2.46 bits per heavy atom. The monoisotopic (exact) mass is 367 g/mol. The lowest BCUT2D eigenvalue weighted by Gasteiger charge is -2.35. The van der Waals surface area contributed by atoms with Gasteiger partial charge in [0.25, 0.3) is 0 Å². The molecule has 26 heavy (non-hydrogen) atoms. The van der Waals surface area contributed by atoms with Gasteiger partial charge in [0.1, 0.15) is 5.82 Å². The molecule has 0 unspecified atom stereocenters. The van der Waals surface area contributed by atoms with Gasteiger partial charge >= 0.3 is 0 Å². The Kier molecular flexibility index (Phi) is 4.79. The maximum Gasteiger partial charge on any atom is 0.249 e. The van der Waals surface area contributed by atoms with Crippen molar-refractivity contribution in [1.29, 1.82) is 0 Å². The normalized spacial score (nSPS) is 14.3. The van der Waals surface area contributed by atoms with E-state index in [1.165, 1.54) is 0 Å². The standard InChI is InChI=1S/C18H18ClN7/c19-14-4-3-5-15(12-14)22-18-23-17(13-21-24-18)26-10-8-25(9-11-26)16-6-1-2-7-20-16/h1-7,12-13H,8-11H2,(H,22,23,24). The van der Waals surface area contributed by atoms with Gasteiger partial charge < -0.3 is 15.1 Å². The van der Waals surface area contributed by atoms with Crippen LogP contribution < -0.4 is 15.1 Å². The number of rotatable bonds is 4. The summed E-state index contributed by atoms with van der Waals surface area (Å²) < 4.78 is 0. The SMILES string of the molecule is Clc1cccc(Nc2nncc(N3CCN(c4ccccn4)CC3)n2)c1. The molecule has 0 bridgehead atoms. The van der Waals surface area contributed by atoms with Crippen LogP contribution in [0.15, 0.2) is 54.9 Å². The molecule has 2 aromatic heterocycles. The zero-order valence-electron chi connectivity index (χ0n) is 14.1. The molecular formula is C18H18ClN7. The predicted octanol–water partition coefficient (Wildman–Crippen LogP) is 2.99. The first-order valence-electron chi connectivity index (χ1n) is 8.41. The van der Waals surface area contributed by atoms with Crippen molar-refractivity contribution in [3.05, 3.63) is 59.9 Å². The van der Waals surface area contributed by atoms with Gasteiger partial charge in [-0.05, 0) is 30.3 Å². The van der Waals surface area contributed by atoms with Crippen molar-refractivity contribution >= 4 is 34.9 Å². The lowest BCUT2D eigenvalue weighted by atomic mass is 10.3. The predicted molar refractivity (Wildman–Crippen MR) is 103 cm³/mol. The lowest BCUT2D eigenvalue weighted by molar-refractivity contribution is 0.639. The summed E-state index contributed by atoms with van der Waals surface area (Å²) in [6.45, 7) is 3.48. The molecule has 1 fully saturated rings. The summed E-state index contributed by atoms with van der Waals surface area (Å²) in [5, 5.41) is 11.9. The van der Waals surface area contributed by atoms with E-state index < -0.39 is 0 Å². The van der Waals surface area contributed by atoms with E-state index in [1.807, 2.05) is 48.7 Å². The third-order valence-corrected chi connectivity index (χ3v) is 4.44. The van der Waals surface area contributed by atoms with Gasteiger partial charge in [-0.1, -0.05) is 23.7 Å². The molecule has 0 radical (unpaired) electrons. The number of pyridine rings is 1. The number of nitrogens with zero attached hydrogens (tertiary/aromatic N) is 6. The summed E-state index contributed by atoms with van der Waals surface area (Å²) in [5.41, 5.74) is 0.830. The van der Waals surface area contributed by atoms with E-state index in [2.05, 4.69) is 35.3 Å². The second kappa shape index (κ2) is 7.53. The summed E-state index contributed by atoms with van der Waals surface area (Å²) in [4.78, 5) is 13.5. The largest absolute Gasteiger partial charge is 0.353 e. The summed E-state index contributed by atoms with van der Waals surface area (Å²) >= 11 is 6.01. The van der Waals surface area contributed by atoms with Gasteiger partial charge in [0.15, 0.2) is 5.82 Å². The number of benzene rings is 1. The van der Waals surface area contributed by atoms with Crippen molar-refractivity contribution in [3.63, 3.8) is 0 Å². The van der Waals surface area contributed by atoms with Crippen LogP contribution in [0.3, 0.4) is 0 Å². The van der Waals surface area contributed by atoms with Crippen molar-refractivity contribution in [2.75, 3.05) is 41.3 Å². The number of hydrogen-bond acceptors (Lipinski definition) is 7. The van der Waals surface area contributed by atoms with Gasteiger partial charge in [-0.3, -0.25) is 0 Å². The van der Waals surface area contributed by atoms with Gasteiger partial charge in [0.05, 0.1) is 6.20 Å². The summed E-state index contributed by atoms with van der Waals surface area (Å²) in [5.74, 6) is 2.28. The maximum atomic E-state index is 6.01. The van der Waals surface area contributed by atoms with Gasteiger partial charge in [-0.25, -0.2) is 4.98 Å². The minimum absolute atomic E-state index is 0.455. The van der Waals surface area contributed by atoms with Crippen LogP contribution in [0, 0.1) is 0 Å². The highest BCUT2D eigenvalue weighted by Crippen LogP contribution is 2.20. The highest BCUT2D eigenvalue weighted by Gasteiger charge is 2.19. The number of nitrogens with one attached hydrogen (secondary N) is 1. The van der Waals surface area contributed by atoms with Crippen LogP contribution >= 0.6 is 11.6 Å². The zero-order chi connectivity index (χ0) is 17.8. The first-order valence-corrected chi connectivity index (χ1v) is 8.79. The number of piperazine rings is 1. The molecule has 1 aliphatic heterocycles. The molecule has 0 spiro atoms. The van der Waals surface area contributed by atoms with Gasteiger partial charge in [0.2, 0.25) is 5.95 Å². The Bertz CT molecular complexity index is 866. The third-order valence-electron chi connectivity index (χ3n) is 4.20. The van der Waals surface area contributed by atoms with Crippen molar-refractivity contribution in [1.82, 2.24) is 20.2 Å². The van der Waals surface area contributed by atoms with Gasteiger partial charge in [0, 0.05) is 43.1 Å². The number of hydrogen-bond donors (Lipinski definition) is 1. The molecule has 0 amide bonds. The second-order valence-electron chi connectivity index (χ2n) is 5.94. The summed E-state index contributed by atoms with van der Waals surface area (Å²) in [6.07, 6.45) is 3.52. The molecule has 132 valence electrons. The van der Waals surface area contributed by atoms with Crippen molar-refractivity contribution in [3.8, 4) is 0 Å². The van der Waals surface area contributed by atoms with Crippen LogP contribution in [0.2, 0.25) is 5.02 Å². The summed E-state index contributed by atoms with van der Waals surface area (Å²) in [6, 6.07) is 13.4. The van der Waals surface area contributed by atoms with E-state index in [9.17, 15) is 0 Å². The molecule has 8 heteroatoms. The van der Waals surface area contributed by atoms with Crippen LogP contribution in [0.4, 0.5) is 23.3 Å². The van der Waals surface area contributed by atoms with Crippen LogP contribution in [-0.2, 0) is 0 Å². The van der Waals surface area contributed by atoms with E-state index in [4.69, 9.17) is 11.6 Å². The van der Waals surface area contributed by atoms with Gasteiger partial charge in [-0.15, -0.1) is 5.10 Å². The van der Waals surface area contributed by atoms with E-state index in [1.54, 1.807) is 6.20 Å². The molecule has 1 aromatic carbocycles. The number of aromatic nitrogens is 4. The molecule has 1 N–H and O–H groups in total.